The first-order chi connectivity index (χ1) is 30.5. The van der Waals surface area contributed by atoms with Gasteiger partial charge in [0.05, 0.1) is 13.2 Å². The molecular formula is C55H91NO6. The fraction of sp³-hybridized carbons (Fsp3) is 0.709. The molecule has 0 bridgehead atoms. The van der Waals surface area contributed by atoms with Gasteiger partial charge in [-0.2, -0.15) is 0 Å². The number of unbranched alkanes of at least 4 members (excludes halogenated alkanes) is 24. The molecular weight excluding hydrogens is 771 g/mol. The Morgan fingerprint density at radius 1 is 0.435 bits per heavy atom. The molecule has 352 valence electrons. The first-order valence-corrected chi connectivity index (χ1v) is 25.7. The molecule has 0 spiro atoms. The molecule has 1 aliphatic heterocycles. The predicted octanol–water partition coefficient (Wildman–Crippen LogP) is 15.9. The Morgan fingerprint density at radius 2 is 0.758 bits per heavy atom. The molecule has 0 aliphatic carbocycles. The quantitative estimate of drug-likeness (QED) is 0.0498. The lowest BCUT2D eigenvalue weighted by Gasteiger charge is -2.17. The van der Waals surface area contributed by atoms with Crippen LogP contribution in [0.2, 0.25) is 0 Å². The van der Waals surface area contributed by atoms with Crippen LogP contribution in [0.3, 0.4) is 0 Å². The zero-order chi connectivity index (χ0) is 44.2. The van der Waals surface area contributed by atoms with Gasteiger partial charge in [-0.25, -0.2) is 0 Å². The molecule has 1 aromatic carbocycles. The van der Waals surface area contributed by atoms with Crippen LogP contribution in [0.4, 0.5) is 0 Å². The number of likely N-dealkylation sites (tertiary alicyclic amines) is 1. The second kappa shape index (κ2) is 41.7. The second-order valence-electron chi connectivity index (χ2n) is 17.8. The summed E-state index contributed by atoms with van der Waals surface area (Å²) in [7, 11) is 0. The molecule has 0 amide bonds. The van der Waals surface area contributed by atoms with Crippen molar-refractivity contribution < 1.29 is 29.3 Å². The topological polar surface area (TPSA) is 96.3 Å². The summed E-state index contributed by atoms with van der Waals surface area (Å²) in [4.78, 5) is 23.6. The number of rotatable bonds is 44. The van der Waals surface area contributed by atoms with Crippen LogP contribution in [-0.4, -0.2) is 53.4 Å². The molecule has 0 atom stereocenters. The van der Waals surface area contributed by atoms with Crippen LogP contribution in [0.5, 0.6) is 11.5 Å². The monoisotopic (exact) mass is 862 g/mol. The zero-order valence-electron chi connectivity index (χ0n) is 39.4. The minimum atomic E-state index is -0.677. The number of aliphatic carboxylic acids is 2. The molecule has 0 saturated carbocycles. The number of nitrogens with zero attached hydrogens (tertiary/aromatic N) is 1. The summed E-state index contributed by atoms with van der Waals surface area (Å²) >= 11 is 0. The molecule has 7 heteroatoms. The number of carbonyl (C=O) groups is 2. The maximum absolute atomic E-state index is 10.5. The average molecular weight is 862 g/mol. The van der Waals surface area contributed by atoms with E-state index in [1.165, 1.54) is 147 Å². The van der Waals surface area contributed by atoms with Gasteiger partial charge in [-0.3, -0.25) is 14.5 Å². The Hall–Kier alpha value is -3.32. The van der Waals surface area contributed by atoms with Crippen molar-refractivity contribution in [2.75, 3.05) is 26.3 Å². The number of ether oxygens (including phenoxy) is 2. The third-order valence-corrected chi connectivity index (χ3v) is 11.8. The number of hydrogen-bond acceptors (Lipinski definition) is 5. The largest absolute Gasteiger partial charge is 0.493 e. The van der Waals surface area contributed by atoms with E-state index in [9.17, 15) is 9.59 Å². The van der Waals surface area contributed by atoms with Crippen LogP contribution in [0.1, 0.15) is 224 Å². The number of benzene rings is 1. The van der Waals surface area contributed by atoms with Gasteiger partial charge >= 0.3 is 11.9 Å². The minimum absolute atomic E-state index is 0.309. The van der Waals surface area contributed by atoms with E-state index < -0.39 is 11.9 Å². The molecule has 1 aromatic rings. The fourth-order valence-electron chi connectivity index (χ4n) is 8.11. The summed E-state index contributed by atoms with van der Waals surface area (Å²) in [5.41, 5.74) is 1.31. The first kappa shape index (κ1) is 54.8. The molecule has 1 heterocycles. The van der Waals surface area contributed by atoms with Crippen LogP contribution in [-0.2, 0) is 16.1 Å². The van der Waals surface area contributed by atoms with Gasteiger partial charge in [0, 0.05) is 25.5 Å². The molecule has 0 radical (unpaired) electrons. The molecule has 1 fully saturated rings. The third kappa shape index (κ3) is 36.2. The van der Waals surface area contributed by atoms with Crippen molar-refractivity contribution in [3.63, 3.8) is 0 Å². The highest BCUT2D eigenvalue weighted by molar-refractivity contribution is 5.66. The number of carboxylic acids is 2. The summed E-state index contributed by atoms with van der Waals surface area (Å²) in [6.45, 7) is 4.91. The van der Waals surface area contributed by atoms with Gasteiger partial charge in [0.15, 0.2) is 0 Å². The Bertz CT molecular complexity index is 1240. The first-order valence-electron chi connectivity index (χ1n) is 25.7. The average Bonchev–Trinajstić information content (AvgIpc) is 3.77. The van der Waals surface area contributed by atoms with Crippen LogP contribution in [0, 0.1) is 0 Å². The van der Waals surface area contributed by atoms with Gasteiger partial charge in [0.25, 0.3) is 0 Å². The maximum Gasteiger partial charge on any atom is 0.303 e. The van der Waals surface area contributed by atoms with Crippen molar-refractivity contribution in [2.45, 2.75) is 225 Å². The van der Waals surface area contributed by atoms with Gasteiger partial charge in [-0.15, -0.1) is 0 Å². The normalized spacial score (nSPS) is 13.5. The minimum Gasteiger partial charge on any atom is -0.493 e. The highest BCUT2D eigenvalue weighted by atomic mass is 16.5. The Morgan fingerprint density at radius 3 is 1.11 bits per heavy atom. The Balaban J connectivity index is 1.45. The van der Waals surface area contributed by atoms with E-state index in [4.69, 9.17) is 19.7 Å². The van der Waals surface area contributed by atoms with Crippen LogP contribution < -0.4 is 9.47 Å². The highest BCUT2D eigenvalue weighted by Crippen LogP contribution is 2.26. The second-order valence-corrected chi connectivity index (χ2v) is 17.8. The summed E-state index contributed by atoms with van der Waals surface area (Å²) in [5.74, 6) is 0.568. The summed E-state index contributed by atoms with van der Waals surface area (Å²) < 4.78 is 12.6. The molecule has 2 N–H and O–H groups in total. The van der Waals surface area contributed by atoms with E-state index in [0.717, 1.165) is 108 Å². The van der Waals surface area contributed by atoms with Crippen LogP contribution >= 0.6 is 0 Å². The summed E-state index contributed by atoms with van der Waals surface area (Å²) in [5, 5.41) is 17.4. The van der Waals surface area contributed by atoms with Crippen molar-refractivity contribution >= 4 is 11.9 Å². The van der Waals surface area contributed by atoms with Gasteiger partial charge in [-0.1, -0.05) is 151 Å². The maximum atomic E-state index is 10.5. The number of allylic oxidation sites excluding steroid dienone is 8. The van der Waals surface area contributed by atoms with E-state index in [-0.39, 0.29) is 0 Å². The van der Waals surface area contributed by atoms with Crippen molar-refractivity contribution in [1.82, 2.24) is 4.90 Å². The molecule has 1 aliphatic rings. The standard InChI is InChI=1S/C55H91NO6/c57-54(58)41-35-31-27-23-19-15-11-7-3-1-5-9-13-17-21-25-29-33-39-45-61-52-47-51(50-56-43-37-38-44-56)48-53(49-52)62-46-40-34-30-26-22-18-14-10-6-2-4-8-12-16-20-24-28-32-36-42-55(59)60/h1-2,5-8,11-12,47-49H,3-4,9-10,13-46,50H2,(H,57,58)(H,59,60)/b5-1-,6-2-,11-7-,12-8-. The van der Waals surface area contributed by atoms with E-state index in [0.29, 0.717) is 12.8 Å². The molecule has 0 unspecified atom stereocenters. The lowest BCUT2D eigenvalue weighted by molar-refractivity contribution is -0.138. The molecule has 7 nitrogen and oxygen atoms in total. The Labute approximate surface area is 379 Å². The van der Waals surface area contributed by atoms with E-state index >= 15 is 0 Å². The molecule has 2 rings (SSSR count). The van der Waals surface area contributed by atoms with Crippen LogP contribution in [0.15, 0.2) is 66.8 Å². The van der Waals surface area contributed by atoms with Crippen molar-refractivity contribution in [1.29, 1.82) is 0 Å². The lowest BCUT2D eigenvalue weighted by Crippen LogP contribution is -2.18. The Kier molecular flexibility index (Phi) is 36.8. The van der Waals surface area contributed by atoms with Crippen molar-refractivity contribution in [3.8, 4) is 11.5 Å². The van der Waals surface area contributed by atoms with Gasteiger partial charge in [-0.05, 0) is 134 Å². The van der Waals surface area contributed by atoms with E-state index in [2.05, 4.69) is 71.7 Å². The highest BCUT2D eigenvalue weighted by Gasteiger charge is 2.13. The molecule has 0 aromatic heterocycles. The zero-order valence-corrected chi connectivity index (χ0v) is 39.4. The van der Waals surface area contributed by atoms with Crippen LogP contribution in [0.25, 0.3) is 0 Å². The summed E-state index contributed by atoms with van der Waals surface area (Å²) in [6, 6.07) is 6.58. The van der Waals surface area contributed by atoms with E-state index in [1.807, 2.05) is 0 Å². The smallest absolute Gasteiger partial charge is 0.303 e. The molecule has 1 saturated heterocycles. The number of hydrogen-bond donors (Lipinski definition) is 2. The SMILES string of the molecule is O=C(O)CCCCCCC/C=C\C/C=C\CCCCCCCCCOc1cc(CN2CCCC2)cc(OCCCCCCCCC/C=C\C/C=C\CCCCCCCC(=O)O)c1. The fourth-order valence-corrected chi connectivity index (χ4v) is 8.11. The van der Waals surface area contributed by atoms with Crippen molar-refractivity contribution in [3.05, 3.63) is 72.4 Å². The van der Waals surface area contributed by atoms with Gasteiger partial charge < -0.3 is 19.7 Å². The van der Waals surface area contributed by atoms with Gasteiger partial charge in [0.2, 0.25) is 0 Å². The van der Waals surface area contributed by atoms with Gasteiger partial charge in [0.1, 0.15) is 11.5 Å². The molecule has 62 heavy (non-hydrogen) atoms. The predicted molar refractivity (Wildman–Crippen MR) is 262 cm³/mol. The van der Waals surface area contributed by atoms with E-state index in [1.54, 1.807) is 0 Å². The van der Waals surface area contributed by atoms with Crippen molar-refractivity contribution in [2.24, 2.45) is 0 Å². The lowest BCUT2D eigenvalue weighted by atomic mass is 10.1. The third-order valence-electron chi connectivity index (χ3n) is 11.8. The summed E-state index contributed by atoms with van der Waals surface area (Å²) in [6.07, 6.45) is 56.9. The number of carboxylic acid groups (broad SMARTS) is 2.